The fraction of sp³-hybridized carbons (Fsp3) is 0.176. The van der Waals surface area contributed by atoms with E-state index in [1.54, 1.807) is 42.2 Å². The molecule has 2 aromatic heterocycles. The van der Waals surface area contributed by atoms with Crippen LogP contribution in [0.5, 0.6) is 5.75 Å². The van der Waals surface area contributed by atoms with E-state index in [1.165, 1.54) is 0 Å². The normalized spacial score (nSPS) is 10.5. The summed E-state index contributed by atoms with van der Waals surface area (Å²) < 4.78 is 1.56. The molecule has 0 bridgehead atoms. The Labute approximate surface area is 139 Å². The highest BCUT2D eigenvalue weighted by molar-refractivity contribution is 5.75. The summed E-state index contributed by atoms with van der Waals surface area (Å²) in [6, 6.07) is 10.5. The number of nitrogens with one attached hydrogen (secondary N) is 1. The maximum Gasteiger partial charge on any atom is 0.242 e. The van der Waals surface area contributed by atoms with Gasteiger partial charge in [-0.1, -0.05) is 12.1 Å². The average Bonchev–Trinajstić information content (AvgIpc) is 2.95. The number of nitrogens with zero attached hydrogens (tertiary/aromatic N) is 4. The van der Waals surface area contributed by atoms with Gasteiger partial charge in [0.05, 0.1) is 0 Å². The number of phenols is 1. The molecule has 2 N–H and O–H groups in total. The van der Waals surface area contributed by atoms with Gasteiger partial charge in [-0.25, -0.2) is 9.67 Å². The highest BCUT2D eigenvalue weighted by atomic mass is 16.3. The number of amides is 1. The molecule has 0 saturated carbocycles. The maximum absolute atomic E-state index is 12.1. The Bertz CT molecular complexity index is 845. The van der Waals surface area contributed by atoms with Gasteiger partial charge in [0.15, 0.2) is 5.82 Å². The number of hydrogen-bond acceptors (Lipinski definition) is 5. The smallest absolute Gasteiger partial charge is 0.242 e. The lowest BCUT2D eigenvalue weighted by molar-refractivity contribution is -0.122. The minimum Gasteiger partial charge on any atom is -0.508 e. The van der Waals surface area contributed by atoms with Crippen LogP contribution in [0.15, 0.2) is 48.8 Å². The molecule has 0 spiro atoms. The van der Waals surface area contributed by atoms with Gasteiger partial charge < -0.3 is 10.4 Å². The van der Waals surface area contributed by atoms with Crippen LogP contribution in [0.1, 0.15) is 11.4 Å². The lowest BCUT2D eigenvalue weighted by Gasteiger charge is -2.06. The van der Waals surface area contributed by atoms with Gasteiger partial charge in [0, 0.05) is 24.5 Å². The second kappa shape index (κ2) is 6.91. The van der Waals surface area contributed by atoms with Gasteiger partial charge in [-0.3, -0.25) is 9.78 Å². The molecular weight excluding hydrogens is 306 g/mol. The zero-order valence-corrected chi connectivity index (χ0v) is 13.2. The largest absolute Gasteiger partial charge is 0.508 e. The van der Waals surface area contributed by atoms with Crippen LogP contribution in [0, 0.1) is 6.92 Å². The van der Waals surface area contributed by atoms with Crippen LogP contribution in [0.25, 0.3) is 11.4 Å². The van der Waals surface area contributed by atoms with Crippen LogP contribution in [0.4, 0.5) is 0 Å². The van der Waals surface area contributed by atoms with Gasteiger partial charge in [0.2, 0.25) is 5.91 Å². The standard InChI is InChI=1S/C17H17N5O2/c1-12-20-17(14-5-3-7-18-10-14)21-22(12)11-16(24)19-9-13-4-2-6-15(23)8-13/h2-8,10,23H,9,11H2,1H3,(H,19,24). The van der Waals surface area contributed by atoms with E-state index in [9.17, 15) is 9.90 Å². The third kappa shape index (κ3) is 3.75. The van der Waals surface area contributed by atoms with Crippen LogP contribution in [0.2, 0.25) is 0 Å². The molecule has 3 rings (SSSR count). The molecule has 0 atom stereocenters. The molecule has 122 valence electrons. The van der Waals surface area contributed by atoms with Crippen molar-refractivity contribution in [1.82, 2.24) is 25.1 Å². The highest BCUT2D eigenvalue weighted by Gasteiger charge is 2.11. The first-order chi connectivity index (χ1) is 11.6. The Kier molecular flexibility index (Phi) is 4.51. The number of phenolic OH excluding ortho intramolecular Hbond substituents is 1. The molecule has 7 nitrogen and oxygen atoms in total. The molecule has 0 radical (unpaired) electrons. The summed E-state index contributed by atoms with van der Waals surface area (Å²) in [7, 11) is 0. The lowest BCUT2D eigenvalue weighted by Crippen LogP contribution is -2.28. The van der Waals surface area contributed by atoms with Crippen molar-refractivity contribution >= 4 is 5.91 Å². The number of carbonyl (C=O) groups is 1. The molecule has 7 heteroatoms. The van der Waals surface area contributed by atoms with E-state index in [-0.39, 0.29) is 18.2 Å². The van der Waals surface area contributed by atoms with Gasteiger partial charge in [-0.05, 0) is 36.8 Å². The predicted molar refractivity (Wildman–Crippen MR) is 87.9 cm³/mol. The van der Waals surface area contributed by atoms with Crippen molar-refractivity contribution in [2.75, 3.05) is 0 Å². The summed E-state index contributed by atoms with van der Waals surface area (Å²) in [6.07, 6.45) is 3.36. The van der Waals surface area contributed by atoms with Crippen molar-refractivity contribution in [1.29, 1.82) is 0 Å². The molecule has 0 aliphatic carbocycles. The van der Waals surface area contributed by atoms with Crippen LogP contribution < -0.4 is 5.32 Å². The van der Waals surface area contributed by atoms with Gasteiger partial charge in [-0.15, -0.1) is 0 Å². The summed E-state index contributed by atoms with van der Waals surface area (Å²) in [5.74, 6) is 1.20. The monoisotopic (exact) mass is 323 g/mol. The van der Waals surface area contributed by atoms with Crippen LogP contribution >= 0.6 is 0 Å². The van der Waals surface area contributed by atoms with Crippen LogP contribution in [0.3, 0.4) is 0 Å². The van der Waals surface area contributed by atoms with Gasteiger partial charge >= 0.3 is 0 Å². The van der Waals surface area contributed by atoms with E-state index in [1.807, 2.05) is 18.2 Å². The Hall–Kier alpha value is -3.22. The van der Waals surface area contributed by atoms with E-state index in [0.29, 0.717) is 18.2 Å². The third-order valence-electron chi connectivity index (χ3n) is 3.47. The van der Waals surface area contributed by atoms with Crippen molar-refractivity contribution in [3.63, 3.8) is 0 Å². The Morgan fingerprint density at radius 1 is 1.29 bits per heavy atom. The molecule has 0 unspecified atom stereocenters. The number of benzene rings is 1. The second-order valence-corrected chi connectivity index (χ2v) is 5.33. The Morgan fingerprint density at radius 3 is 2.92 bits per heavy atom. The molecule has 0 fully saturated rings. The summed E-state index contributed by atoms with van der Waals surface area (Å²) in [6.45, 7) is 2.23. The number of carbonyl (C=O) groups excluding carboxylic acids is 1. The third-order valence-corrected chi connectivity index (χ3v) is 3.47. The Morgan fingerprint density at radius 2 is 2.17 bits per heavy atom. The zero-order chi connectivity index (χ0) is 16.9. The van der Waals surface area contributed by atoms with E-state index in [4.69, 9.17) is 0 Å². The van der Waals surface area contributed by atoms with Gasteiger partial charge in [0.1, 0.15) is 18.1 Å². The number of rotatable bonds is 5. The fourth-order valence-corrected chi connectivity index (χ4v) is 2.25. The minimum atomic E-state index is -0.177. The first-order valence-electron chi connectivity index (χ1n) is 7.48. The first kappa shape index (κ1) is 15.7. The predicted octanol–water partition coefficient (Wildman–Crippen LogP) is 1.67. The molecule has 1 aromatic carbocycles. The first-order valence-corrected chi connectivity index (χ1v) is 7.48. The van der Waals surface area contributed by atoms with Crippen molar-refractivity contribution < 1.29 is 9.90 Å². The summed E-state index contributed by atoms with van der Waals surface area (Å²) in [5, 5.41) is 16.6. The molecule has 0 saturated heterocycles. The molecule has 2 heterocycles. The summed E-state index contributed by atoms with van der Waals surface area (Å²) in [5.41, 5.74) is 1.63. The number of aryl methyl sites for hydroxylation is 1. The molecule has 1 amide bonds. The molecule has 0 aliphatic rings. The van der Waals surface area contributed by atoms with E-state index in [0.717, 1.165) is 11.1 Å². The highest BCUT2D eigenvalue weighted by Crippen LogP contribution is 2.13. The van der Waals surface area contributed by atoms with Crippen molar-refractivity contribution in [3.8, 4) is 17.1 Å². The zero-order valence-electron chi connectivity index (χ0n) is 13.2. The molecule has 24 heavy (non-hydrogen) atoms. The topological polar surface area (TPSA) is 92.9 Å². The Balaban J connectivity index is 1.63. The van der Waals surface area contributed by atoms with Crippen LogP contribution in [-0.2, 0) is 17.9 Å². The van der Waals surface area contributed by atoms with Crippen molar-refractivity contribution in [3.05, 3.63) is 60.2 Å². The van der Waals surface area contributed by atoms with Crippen molar-refractivity contribution in [2.45, 2.75) is 20.0 Å². The quantitative estimate of drug-likeness (QED) is 0.745. The van der Waals surface area contributed by atoms with E-state index >= 15 is 0 Å². The average molecular weight is 323 g/mol. The lowest BCUT2D eigenvalue weighted by atomic mass is 10.2. The summed E-state index contributed by atoms with van der Waals surface area (Å²) >= 11 is 0. The number of pyridine rings is 1. The number of hydrogen-bond donors (Lipinski definition) is 2. The van der Waals surface area contributed by atoms with Crippen molar-refractivity contribution in [2.24, 2.45) is 0 Å². The van der Waals surface area contributed by atoms with Gasteiger partial charge in [0.25, 0.3) is 0 Å². The minimum absolute atomic E-state index is 0.0813. The molecule has 3 aromatic rings. The maximum atomic E-state index is 12.1. The number of aromatic hydroxyl groups is 1. The fourth-order valence-electron chi connectivity index (χ4n) is 2.25. The van der Waals surface area contributed by atoms with Gasteiger partial charge in [-0.2, -0.15) is 5.10 Å². The number of aromatic nitrogens is 4. The van der Waals surface area contributed by atoms with E-state index in [2.05, 4.69) is 20.4 Å². The molecular formula is C17H17N5O2. The van der Waals surface area contributed by atoms with E-state index < -0.39 is 0 Å². The summed E-state index contributed by atoms with van der Waals surface area (Å²) in [4.78, 5) is 20.5. The SMILES string of the molecule is Cc1nc(-c2cccnc2)nn1CC(=O)NCc1cccc(O)c1. The van der Waals surface area contributed by atoms with Crippen LogP contribution in [-0.4, -0.2) is 30.8 Å². The molecule has 0 aliphatic heterocycles. The second-order valence-electron chi connectivity index (χ2n) is 5.33.